The molecule has 2 atom stereocenters. The van der Waals surface area contributed by atoms with Crippen LogP contribution in [-0.4, -0.2) is 50.0 Å². The maximum atomic E-state index is 12.6. The fraction of sp³-hybridized carbons (Fsp3) is 0.619. The van der Waals surface area contributed by atoms with Gasteiger partial charge in [0.1, 0.15) is 5.75 Å². The van der Waals surface area contributed by atoms with Crippen molar-refractivity contribution in [1.29, 1.82) is 0 Å². The van der Waals surface area contributed by atoms with Crippen molar-refractivity contribution in [2.45, 2.75) is 39.0 Å². The molecule has 0 aromatic heterocycles. The number of nitrogens with one attached hydrogen (secondary N) is 2. The first-order valence-corrected chi connectivity index (χ1v) is 10.1. The number of hydrogen-bond acceptors (Lipinski definition) is 4. The van der Waals surface area contributed by atoms with Crippen LogP contribution >= 0.6 is 12.4 Å². The van der Waals surface area contributed by atoms with Crippen molar-refractivity contribution in [2.75, 3.05) is 38.6 Å². The summed E-state index contributed by atoms with van der Waals surface area (Å²) in [6.07, 6.45) is 4.92. The molecule has 2 heterocycles. The fourth-order valence-electron chi connectivity index (χ4n) is 4.07. The van der Waals surface area contributed by atoms with Crippen LogP contribution in [0.5, 0.6) is 5.75 Å². The molecule has 2 aliphatic rings. The van der Waals surface area contributed by atoms with Gasteiger partial charge in [0.15, 0.2) is 0 Å². The molecule has 2 amide bonds. The normalized spacial score (nSPS) is 20.2. The van der Waals surface area contributed by atoms with E-state index in [0.717, 1.165) is 39.0 Å². The van der Waals surface area contributed by atoms with Crippen LogP contribution in [0.1, 0.15) is 49.4 Å². The molecule has 0 bridgehead atoms. The fourth-order valence-corrected chi connectivity index (χ4v) is 4.07. The Hall–Kier alpha value is -1.79. The van der Waals surface area contributed by atoms with Gasteiger partial charge in [-0.1, -0.05) is 6.92 Å². The molecule has 0 aliphatic carbocycles. The van der Waals surface area contributed by atoms with Gasteiger partial charge in [0, 0.05) is 25.1 Å². The Labute approximate surface area is 173 Å². The van der Waals surface area contributed by atoms with Crippen LogP contribution in [0, 0.1) is 11.8 Å². The molecule has 0 radical (unpaired) electrons. The molecular weight excluding hydrogens is 378 g/mol. The van der Waals surface area contributed by atoms with Crippen LogP contribution in [0.4, 0.5) is 5.69 Å². The number of piperidine rings is 1. The van der Waals surface area contributed by atoms with E-state index >= 15 is 0 Å². The Kier molecular flexibility index (Phi) is 8.58. The average Bonchev–Trinajstić information content (AvgIpc) is 3.22. The molecule has 3 rings (SSSR count). The summed E-state index contributed by atoms with van der Waals surface area (Å²) >= 11 is 0. The predicted molar refractivity (Wildman–Crippen MR) is 113 cm³/mol. The number of likely N-dealkylation sites (tertiary alicyclic amines) is 1. The van der Waals surface area contributed by atoms with E-state index in [4.69, 9.17) is 4.74 Å². The zero-order valence-electron chi connectivity index (χ0n) is 16.8. The summed E-state index contributed by atoms with van der Waals surface area (Å²) in [4.78, 5) is 27.1. The minimum Gasteiger partial charge on any atom is -0.495 e. The third kappa shape index (κ3) is 5.61. The van der Waals surface area contributed by atoms with Crippen LogP contribution in [0.15, 0.2) is 18.2 Å². The number of hydrogen-bond donors (Lipinski definition) is 2. The van der Waals surface area contributed by atoms with Crippen molar-refractivity contribution in [3.8, 4) is 5.75 Å². The van der Waals surface area contributed by atoms with Crippen molar-refractivity contribution in [1.82, 2.24) is 10.2 Å². The molecule has 2 saturated heterocycles. The lowest BCUT2D eigenvalue weighted by atomic mass is 9.85. The predicted octanol–water partition coefficient (Wildman–Crippen LogP) is 3.32. The summed E-state index contributed by atoms with van der Waals surface area (Å²) in [5.41, 5.74) is 1.17. The van der Waals surface area contributed by atoms with Gasteiger partial charge in [-0.15, -0.1) is 12.4 Å². The largest absolute Gasteiger partial charge is 0.495 e. The van der Waals surface area contributed by atoms with Crippen LogP contribution in [0.3, 0.4) is 0 Å². The van der Waals surface area contributed by atoms with Crippen molar-refractivity contribution >= 4 is 29.9 Å². The quantitative estimate of drug-likeness (QED) is 0.756. The molecule has 2 fully saturated rings. The number of methoxy groups -OCH3 is 1. The van der Waals surface area contributed by atoms with Crippen LogP contribution in [0.2, 0.25) is 0 Å². The van der Waals surface area contributed by atoms with E-state index in [9.17, 15) is 9.59 Å². The molecule has 0 spiro atoms. The summed E-state index contributed by atoms with van der Waals surface area (Å²) < 4.78 is 5.38. The third-order valence-electron chi connectivity index (χ3n) is 5.76. The SMILES string of the molecule is COc1ccc(C(=O)N2CCCC2)cc1NC(=O)CC(C)C1CCCNC1.Cl. The summed E-state index contributed by atoms with van der Waals surface area (Å²) in [6.45, 7) is 5.81. The van der Waals surface area contributed by atoms with Crippen molar-refractivity contribution in [3.63, 3.8) is 0 Å². The highest BCUT2D eigenvalue weighted by Gasteiger charge is 2.24. The van der Waals surface area contributed by atoms with E-state index in [1.165, 1.54) is 12.8 Å². The minimum absolute atomic E-state index is 0. The molecule has 0 saturated carbocycles. The molecular formula is C21H32ClN3O3. The van der Waals surface area contributed by atoms with Gasteiger partial charge in [-0.3, -0.25) is 9.59 Å². The van der Waals surface area contributed by atoms with Gasteiger partial charge in [0.05, 0.1) is 12.8 Å². The second-order valence-corrected chi connectivity index (χ2v) is 7.75. The second kappa shape index (κ2) is 10.7. The number of carbonyl (C=O) groups excluding carboxylic acids is 2. The van der Waals surface area contributed by atoms with E-state index in [2.05, 4.69) is 17.6 Å². The lowest BCUT2D eigenvalue weighted by Crippen LogP contribution is -2.34. The Morgan fingerprint density at radius 1 is 1.29 bits per heavy atom. The summed E-state index contributed by atoms with van der Waals surface area (Å²) in [5.74, 6) is 1.42. The van der Waals surface area contributed by atoms with Gasteiger partial charge in [-0.2, -0.15) is 0 Å². The van der Waals surface area contributed by atoms with Crippen molar-refractivity contribution in [2.24, 2.45) is 11.8 Å². The number of ether oxygens (including phenoxy) is 1. The van der Waals surface area contributed by atoms with Crippen molar-refractivity contribution < 1.29 is 14.3 Å². The van der Waals surface area contributed by atoms with Gasteiger partial charge in [-0.25, -0.2) is 0 Å². The zero-order chi connectivity index (χ0) is 19.2. The van der Waals surface area contributed by atoms with Crippen LogP contribution < -0.4 is 15.4 Å². The van der Waals surface area contributed by atoms with Gasteiger partial charge in [0.25, 0.3) is 5.91 Å². The summed E-state index contributed by atoms with van der Waals surface area (Å²) in [5, 5.41) is 6.37. The van der Waals surface area contributed by atoms with Gasteiger partial charge in [-0.05, 0) is 68.8 Å². The number of rotatable bonds is 6. The van der Waals surface area contributed by atoms with E-state index in [1.807, 2.05) is 4.90 Å². The highest BCUT2D eigenvalue weighted by Crippen LogP contribution is 2.28. The third-order valence-corrected chi connectivity index (χ3v) is 5.76. The van der Waals surface area contributed by atoms with E-state index in [0.29, 0.717) is 35.3 Å². The Morgan fingerprint density at radius 2 is 2.04 bits per heavy atom. The van der Waals surface area contributed by atoms with E-state index in [1.54, 1.807) is 25.3 Å². The first-order chi connectivity index (χ1) is 13.1. The number of nitrogens with zero attached hydrogens (tertiary/aromatic N) is 1. The number of anilines is 1. The molecule has 2 aliphatic heterocycles. The highest BCUT2D eigenvalue weighted by molar-refractivity contribution is 5.98. The first kappa shape index (κ1) is 22.5. The van der Waals surface area contributed by atoms with E-state index < -0.39 is 0 Å². The van der Waals surface area contributed by atoms with Crippen LogP contribution in [0.25, 0.3) is 0 Å². The topological polar surface area (TPSA) is 70.7 Å². The molecule has 28 heavy (non-hydrogen) atoms. The minimum atomic E-state index is -0.0304. The smallest absolute Gasteiger partial charge is 0.253 e. The number of halogens is 1. The Morgan fingerprint density at radius 3 is 2.68 bits per heavy atom. The maximum Gasteiger partial charge on any atom is 0.253 e. The van der Waals surface area contributed by atoms with Gasteiger partial charge >= 0.3 is 0 Å². The molecule has 2 unspecified atom stereocenters. The highest BCUT2D eigenvalue weighted by atomic mass is 35.5. The van der Waals surface area contributed by atoms with Gasteiger partial charge in [0.2, 0.25) is 5.91 Å². The lowest BCUT2D eigenvalue weighted by Gasteiger charge is -2.28. The zero-order valence-corrected chi connectivity index (χ0v) is 17.6. The first-order valence-electron chi connectivity index (χ1n) is 10.1. The summed E-state index contributed by atoms with van der Waals surface area (Å²) in [7, 11) is 1.57. The Bertz CT molecular complexity index is 671. The van der Waals surface area contributed by atoms with E-state index in [-0.39, 0.29) is 24.2 Å². The molecule has 1 aromatic carbocycles. The standard InChI is InChI=1S/C21H31N3O3.ClH/c1-15(17-6-5-9-22-14-17)12-20(25)23-18-13-16(7-8-19(18)27-2)21(26)24-10-3-4-11-24;/h7-8,13,15,17,22H,3-6,9-12,14H2,1-2H3,(H,23,25);1H. The van der Waals surface area contributed by atoms with Crippen molar-refractivity contribution in [3.05, 3.63) is 23.8 Å². The average molecular weight is 410 g/mol. The van der Waals surface area contributed by atoms with Gasteiger partial charge < -0.3 is 20.3 Å². The number of benzene rings is 1. The number of amides is 2. The molecule has 6 nitrogen and oxygen atoms in total. The molecule has 7 heteroatoms. The lowest BCUT2D eigenvalue weighted by molar-refractivity contribution is -0.117. The maximum absolute atomic E-state index is 12.6. The molecule has 2 N–H and O–H groups in total. The Balaban J connectivity index is 0.00000280. The summed E-state index contributed by atoms with van der Waals surface area (Å²) in [6, 6.07) is 5.27. The number of carbonyl (C=O) groups is 2. The second-order valence-electron chi connectivity index (χ2n) is 7.75. The molecule has 156 valence electrons. The van der Waals surface area contributed by atoms with Crippen LogP contribution in [-0.2, 0) is 4.79 Å². The molecule has 1 aromatic rings. The monoisotopic (exact) mass is 409 g/mol.